The molecule has 2 rings (SSSR count). The first-order valence-electron chi connectivity index (χ1n) is 7.95. The zero-order chi connectivity index (χ0) is 18.4. The number of hydrogen-bond donors (Lipinski definition) is 3. The maximum absolute atomic E-state index is 12.2. The monoisotopic (exact) mass is 403 g/mol. The molecule has 2 aromatic rings. The van der Waals surface area contributed by atoms with E-state index in [0.29, 0.717) is 11.3 Å². The molecule has 132 valence electrons. The number of hydrogen-bond acceptors (Lipinski definition) is 3. The van der Waals surface area contributed by atoms with Crippen LogP contribution in [0.25, 0.3) is 0 Å². The van der Waals surface area contributed by atoms with Crippen molar-refractivity contribution in [1.82, 2.24) is 5.32 Å². The van der Waals surface area contributed by atoms with Gasteiger partial charge in [-0.2, -0.15) is 0 Å². The Hall–Kier alpha value is -2.34. The molecular formula is C19H22BrN3O2. The normalized spacial score (nSPS) is 10.9. The topological polar surface area (TPSA) is 70.2 Å². The third kappa shape index (κ3) is 6.58. The number of anilines is 2. The molecule has 0 fully saturated rings. The van der Waals surface area contributed by atoms with Crippen LogP contribution in [-0.4, -0.2) is 23.9 Å². The summed E-state index contributed by atoms with van der Waals surface area (Å²) >= 11 is 3.35. The van der Waals surface area contributed by atoms with Crippen LogP contribution >= 0.6 is 15.9 Å². The first-order valence-corrected chi connectivity index (χ1v) is 8.74. The van der Waals surface area contributed by atoms with E-state index in [1.165, 1.54) is 0 Å². The molecule has 0 aliphatic rings. The van der Waals surface area contributed by atoms with Crippen LogP contribution in [0.1, 0.15) is 31.1 Å². The molecule has 2 aromatic carbocycles. The van der Waals surface area contributed by atoms with Crippen LogP contribution in [0.2, 0.25) is 0 Å². The molecule has 0 aliphatic carbocycles. The lowest BCUT2D eigenvalue weighted by atomic mass is 10.1. The summed E-state index contributed by atoms with van der Waals surface area (Å²) in [6, 6.07) is 14.4. The van der Waals surface area contributed by atoms with Crippen molar-refractivity contribution < 1.29 is 9.59 Å². The third-order valence-electron chi connectivity index (χ3n) is 3.19. The molecule has 0 unspecified atom stereocenters. The summed E-state index contributed by atoms with van der Waals surface area (Å²) in [6.45, 7) is 5.90. The van der Waals surface area contributed by atoms with Crippen LogP contribution in [0.5, 0.6) is 0 Å². The quantitative estimate of drug-likeness (QED) is 0.705. The summed E-state index contributed by atoms with van der Waals surface area (Å²) in [7, 11) is 0. The highest BCUT2D eigenvalue weighted by Gasteiger charge is 2.15. The lowest BCUT2D eigenvalue weighted by Gasteiger charge is -2.20. The minimum absolute atomic E-state index is 0.112. The van der Waals surface area contributed by atoms with E-state index in [9.17, 15) is 9.59 Å². The van der Waals surface area contributed by atoms with Crippen LogP contribution in [0.4, 0.5) is 11.4 Å². The Labute approximate surface area is 156 Å². The summed E-state index contributed by atoms with van der Waals surface area (Å²) in [5.41, 5.74) is 1.69. The smallest absolute Gasteiger partial charge is 0.251 e. The van der Waals surface area contributed by atoms with E-state index in [-0.39, 0.29) is 23.9 Å². The first kappa shape index (κ1) is 19.0. The predicted octanol–water partition coefficient (Wildman–Crippen LogP) is 4.03. The molecular weight excluding hydrogens is 382 g/mol. The Balaban J connectivity index is 1.92. The summed E-state index contributed by atoms with van der Waals surface area (Å²) in [6.07, 6.45) is 0. The van der Waals surface area contributed by atoms with Crippen LogP contribution in [-0.2, 0) is 4.79 Å². The number of halogens is 1. The van der Waals surface area contributed by atoms with Gasteiger partial charge in [0.1, 0.15) is 0 Å². The number of rotatable bonds is 5. The largest absolute Gasteiger partial charge is 0.376 e. The van der Waals surface area contributed by atoms with E-state index in [4.69, 9.17) is 0 Å². The molecule has 0 radical (unpaired) electrons. The molecule has 0 saturated heterocycles. The fourth-order valence-electron chi connectivity index (χ4n) is 2.10. The summed E-state index contributed by atoms with van der Waals surface area (Å²) < 4.78 is 0.953. The van der Waals surface area contributed by atoms with Gasteiger partial charge in [-0.15, -0.1) is 0 Å². The molecule has 0 aliphatic heterocycles. The summed E-state index contributed by atoms with van der Waals surface area (Å²) in [5.74, 6) is -0.303. The zero-order valence-corrected chi connectivity index (χ0v) is 16.1. The zero-order valence-electron chi connectivity index (χ0n) is 14.5. The van der Waals surface area contributed by atoms with Gasteiger partial charge < -0.3 is 16.0 Å². The Bertz CT molecular complexity index is 752. The number of benzene rings is 2. The highest BCUT2D eigenvalue weighted by atomic mass is 79.9. The van der Waals surface area contributed by atoms with Crippen LogP contribution in [0.3, 0.4) is 0 Å². The number of carbonyl (C=O) groups excluding carboxylic acids is 2. The van der Waals surface area contributed by atoms with Crippen molar-refractivity contribution in [3.05, 3.63) is 58.6 Å². The van der Waals surface area contributed by atoms with Gasteiger partial charge in [-0.05, 0) is 63.2 Å². The average Bonchev–Trinajstić information content (AvgIpc) is 2.54. The SMILES string of the molecule is CC(C)(C)NC(=O)c1cccc(NCC(=O)Nc2ccc(Br)cc2)c1. The summed E-state index contributed by atoms with van der Waals surface area (Å²) in [4.78, 5) is 24.2. The van der Waals surface area contributed by atoms with Crippen molar-refractivity contribution in [1.29, 1.82) is 0 Å². The number of carbonyl (C=O) groups is 2. The molecule has 2 amide bonds. The van der Waals surface area contributed by atoms with Gasteiger partial charge in [-0.1, -0.05) is 22.0 Å². The van der Waals surface area contributed by atoms with E-state index in [1.54, 1.807) is 18.2 Å². The van der Waals surface area contributed by atoms with Crippen molar-refractivity contribution in [3.8, 4) is 0 Å². The molecule has 0 atom stereocenters. The minimum atomic E-state index is -0.301. The minimum Gasteiger partial charge on any atom is -0.376 e. The van der Waals surface area contributed by atoms with Gasteiger partial charge in [0.15, 0.2) is 0 Å². The average molecular weight is 404 g/mol. The molecule has 0 bridgehead atoms. The lowest BCUT2D eigenvalue weighted by molar-refractivity contribution is -0.114. The predicted molar refractivity (Wildman–Crippen MR) is 105 cm³/mol. The van der Waals surface area contributed by atoms with Gasteiger partial charge in [-0.25, -0.2) is 0 Å². The maximum Gasteiger partial charge on any atom is 0.251 e. The molecule has 25 heavy (non-hydrogen) atoms. The second-order valence-corrected chi connectivity index (χ2v) is 7.61. The lowest BCUT2D eigenvalue weighted by Crippen LogP contribution is -2.40. The fraction of sp³-hybridized carbons (Fsp3) is 0.263. The van der Waals surface area contributed by atoms with E-state index < -0.39 is 0 Å². The van der Waals surface area contributed by atoms with Gasteiger partial charge in [-0.3, -0.25) is 9.59 Å². The molecule has 0 heterocycles. The van der Waals surface area contributed by atoms with Crippen LogP contribution in [0, 0.1) is 0 Å². The van der Waals surface area contributed by atoms with Crippen LogP contribution in [0.15, 0.2) is 53.0 Å². The summed E-state index contributed by atoms with van der Waals surface area (Å²) in [5, 5.41) is 8.75. The van der Waals surface area contributed by atoms with E-state index in [2.05, 4.69) is 31.9 Å². The standard InChI is InChI=1S/C19H22BrN3O2/c1-19(2,3)23-18(25)13-5-4-6-16(11-13)21-12-17(24)22-15-9-7-14(20)8-10-15/h4-11,21H,12H2,1-3H3,(H,22,24)(H,23,25). The molecule has 0 spiro atoms. The van der Waals surface area contributed by atoms with E-state index in [0.717, 1.165) is 10.2 Å². The van der Waals surface area contributed by atoms with Crippen LogP contribution < -0.4 is 16.0 Å². The molecule has 6 heteroatoms. The second kappa shape index (κ2) is 8.16. The Morgan fingerprint density at radius 2 is 1.68 bits per heavy atom. The Kier molecular flexibility index (Phi) is 6.20. The first-order chi connectivity index (χ1) is 11.7. The molecule has 3 N–H and O–H groups in total. The van der Waals surface area contributed by atoms with Crippen molar-refractivity contribution in [2.45, 2.75) is 26.3 Å². The highest BCUT2D eigenvalue weighted by Crippen LogP contribution is 2.15. The van der Waals surface area contributed by atoms with Gasteiger partial charge >= 0.3 is 0 Å². The van der Waals surface area contributed by atoms with E-state index >= 15 is 0 Å². The van der Waals surface area contributed by atoms with Crippen molar-refractivity contribution in [2.75, 3.05) is 17.2 Å². The molecule has 5 nitrogen and oxygen atoms in total. The van der Waals surface area contributed by atoms with E-state index in [1.807, 2.05) is 51.1 Å². The fourth-order valence-corrected chi connectivity index (χ4v) is 2.37. The van der Waals surface area contributed by atoms with Gasteiger partial charge in [0.2, 0.25) is 5.91 Å². The van der Waals surface area contributed by atoms with Crippen molar-refractivity contribution >= 4 is 39.1 Å². The maximum atomic E-state index is 12.2. The highest BCUT2D eigenvalue weighted by molar-refractivity contribution is 9.10. The van der Waals surface area contributed by atoms with Gasteiger partial charge in [0.25, 0.3) is 5.91 Å². The second-order valence-electron chi connectivity index (χ2n) is 6.69. The van der Waals surface area contributed by atoms with Crippen molar-refractivity contribution in [3.63, 3.8) is 0 Å². The van der Waals surface area contributed by atoms with Gasteiger partial charge in [0, 0.05) is 26.9 Å². The Morgan fingerprint density at radius 3 is 2.32 bits per heavy atom. The Morgan fingerprint density at radius 1 is 1.00 bits per heavy atom. The number of amides is 2. The molecule has 0 aromatic heterocycles. The third-order valence-corrected chi connectivity index (χ3v) is 3.72. The number of nitrogens with one attached hydrogen (secondary N) is 3. The van der Waals surface area contributed by atoms with Gasteiger partial charge in [0.05, 0.1) is 6.54 Å². The van der Waals surface area contributed by atoms with Crippen molar-refractivity contribution in [2.24, 2.45) is 0 Å². The molecule has 0 saturated carbocycles.